The van der Waals surface area contributed by atoms with Crippen molar-refractivity contribution in [3.8, 4) is 11.5 Å². The van der Waals surface area contributed by atoms with Crippen LogP contribution < -0.4 is 20.1 Å². The zero-order chi connectivity index (χ0) is 26.9. The van der Waals surface area contributed by atoms with E-state index in [-0.39, 0.29) is 18.0 Å². The fraction of sp³-hybridized carbons (Fsp3) is 0.400. The number of rotatable bonds is 6. The third-order valence-corrected chi connectivity index (χ3v) is 8.56. The molecule has 2 aromatic carbocycles. The van der Waals surface area contributed by atoms with E-state index in [1.165, 1.54) is 28.6 Å². The molecule has 0 spiro atoms. The molecule has 12 nitrogen and oxygen atoms in total. The topological polar surface area (TPSA) is 144 Å². The number of amides is 4. The van der Waals surface area contributed by atoms with Gasteiger partial charge in [0, 0.05) is 25.2 Å². The van der Waals surface area contributed by atoms with Crippen molar-refractivity contribution in [2.75, 3.05) is 51.4 Å². The summed E-state index contributed by atoms with van der Waals surface area (Å²) < 4.78 is 43.4. The van der Waals surface area contributed by atoms with Crippen molar-refractivity contribution < 1.29 is 37.0 Å². The van der Waals surface area contributed by atoms with Gasteiger partial charge in [-0.1, -0.05) is 6.07 Å². The van der Waals surface area contributed by atoms with Gasteiger partial charge >= 0.3 is 6.03 Å². The monoisotopic (exact) mass is 544 g/mol. The normalized spacial score (nSPS) is 22.1. The zero-order valence-corrected chi connectivity index (χ0v) is 21.6. The molecule has 0 aliphatic carbocycles. The van der Waals surface area contributed by atoms with Crippen LogP contribution in [0, 0.1) is 0 Å². The second-order valence-electron chi connectivity index (χ2n) is 9.25. The first-order valence-electron chi connectivity index (χ1n) is 12.2. The van der Waals surface area contributed by atoms with E-state index in [1.54, 1.807) is 25.1 Å². The third-order valence-electron chi connectivity index (χ3n) is 6.65. The quantitative estimate of drug-likeness (QED) is 0.518. The predicted molar refractivity (Wildman–Crippen MR) is 134 cm³/mol. The number of carbonyl (C=O) groups excluding carboxylic acids is 3. The first-order valence-corrected chi connectivity index (χ1v) is 13.6. The Labute approximate surface area is 219 Å². The number of carbonyl (C=O) groups is 3. The standard InChI is InChI=1S/C25H28N4O8S/c1-25(17-3-8-20-21(15-17)37-12-2-11-36-20)23(31)29(24(32)27-25)16-22(30)26-18-4-6-19(7-5-18)38(33,34)28-9-13-35-14-10-28/h3-8,15H,2,9-14,16H2,1H3,(H,26,30)(H,27,32)/t25-/m0/s1. The van der Waals surface area contributed by atoms with Crippen LogP contribution in [0.15, 0.2) is 47.4 Å². The summed E-state index contributed by atoms with van der Waals surface area (Å²) in [7, 11) is -3.67. The van der Waals surface area contributed by atoms with Crippen molar-refractivity contribution in [2.24, 2.45) is 0 Å². The first-order chi connectivity index (χ1) is 18.2. The second kappa shape index (κ2) is 10.2. The second-order valence-corrected chi connectivity index (χ2v) is 11.2. The molecule has 202 valence electrons. The van der Waals surface area contributed by atoms with Gasteiger partial charge in [0.1, 0.15) is 12.1 Å². The zero-order valence-electron chi connectivity index (χ0n) is 20.8. The highest BCUT2D eigenvalue weighted by Gasteiger charge is 2.49. The maximum absolute atomic E-state index is 13.3. The number of imide groups is 1. The Balaban J connectivity index is 1.25. The number of sulfonamides is 1. The van der Waals surface area contributed by atoms with E-state index in [4.69, 9.17) is 14.2 Å². The molecule has 1 atom stereocenters. The number of nitrogens with zero attached hydrogens (tertiary/aromatic N) is 2. The summed E-state index contributed by atoms with van der Waals surface area (Å²) in [4.78, 5) is 39.6. The lowest BCUT2D eigenvalue weighted by molar-refractivity contribution is -0.133. The number of hydrogen-bond acceptors (Lipinski definition) is 8. The molecular weight excluding hydrogens is 516 g/mol. The van der Waals surface area contributed by atoms with Gasteiger partial charge in [0.15, 0.2) is 11.5 Å². The first kappa shape index (κ1) is 25.9. The van der Waals surface area contributed by atoms with E-state index in [9.17, 15) is 22.8 Å². The molecule has 0 aromatic heterocycles. The summed E-state index contributed by atoms with van der Waals surface area (Å²) >= 11 is 0. The largest absolute Gasteiger partial charge is 0.490 e. The highest BCUT2D eigenvalue weighted by molar-refractivity contribution is 7.89. The Hall–Kier alpha value is -3.68. The third kappa shape index (κ3) is 4.91. The minimum absolute atomic E-state index is 0.0948. The fourth-order valence-electron chi connectivity index (χ4n) is 4.50. The average Bonchev–Trinajstić information content (AvgIpc) is 3.07. The lowest BCUT2D eigenvalue weighted by atomic mass is 9.91. The van der Waals surface area contributed by atoms with Gasteiger partial charge in [0.2, 0.25) is 15.9 Å². The molecule has 3 aliphatic rings. The Morgan fingerprint density at radius 2 is 1.68 bits per heavy atom. The van der Waals surface area contributed by atoms with Gasteiger partial charge in [-0.3, -0.25) is 14.5 Å². The molecule has 4 amide bonds. The lowest BCUT2D eigenvalue weighted by Gasteiger charge is -2.26. The molecule has 38 heavy (non-hydrogen) atoms. The Morgan fingerprint density at radius 3 is 2.39 bits per heavy atom. The Morgan fingerprint density at radius 1 is 1.00 bits per heavy atom. The van der Waals surface area contributed by atoms with Gasteiger partial charge < -0.3 is 24.8 Å². The molecule has 5 rings (SSSR count). The van der Waals surface area contributed by atoms with Crippen molar-refractivity contribution in [1.82, 2.24) is 14.5 Å². The highest BCUT2D eigenvalue weighted by atomic mass is 32.2. The van der Waals surface area contributed by atoms with Gasteiger partial charge in [0.25, 0.3) is 5.91 Å². The molecule has 0 bridgehead atoms. The summed E-state index contributed by atoms with van der Waals surface area (Å²) in [5.41, 5.74) is -0.564. The SMILES string of the molecule is C[C@@]1(c2ccc3c(c2)OCCCO3)NC(=O)N(CC(=O)Nc2ccc(S(=O)(=O)N3CCOCC3)cc2)C1=O. The summed E-state index contributed by atoms with van der Waals surface area (Å²) in [6.45, 7) is 3.27. The molecule has 2 aromatic rings. The smallest absolute Gasteiger partial charge is 0.325 e. The van der Waals surface area contributed by atoms with Crippen molar-refractivity contribution in [3.63, 3.8) is 0 Å². The van der Waals surface area contributed by atoms with E-state index >= 15 is 0 Å². The van der Waals surface area contributed by atoms with E-state index in [1.807, 2.05) is 0 Å². The number of hydrogen-bond donors (Lipinski definition) is 2. The molecule has 13 heteroatoms. The van der Waals surface area contributed by atoms with Crippen LogP contribution in [-0.4, -0.2) is 81.5 Å². The number of anilines is 1. The number of morpholine rings is 1. The van der Waals surface area contributed by atoms with Gasteiger partial charge in [0.05, 0.1) is 31.3 Å². The maximum Gasteiger partial charge on any atom is 0.325 e. The average molecular weight is 545 g/mol. The summed E-state index contributed by atoms with van der Waals surface area (Å²) in [6.07, 6.45) is 0.728. The number of benzene rings is 2. The molecule has 0 saturated carbocycles. The van der Waals surface area contributed by atoms with E-state index < -0.39 is 40.0 Å². The van der Waals surface area contributed by atoms with Gasteiger partial charge in [-0.25, -0.2) is 13.2 Å². The molecule has 2 N–H and O–H groups in total. The predicted octanol–water partition coefficient (Wildman–Crippen LogP) is 1.27. The Kier molecular flexibility index (Phi) is 6.99. The van der Waals surface area contributed by atoms with Crippen LogP contribution in [-0.2, 0) is 29.9 Å². The number of ether oxygens (including phenoxy) is 3. The fourth-order valence-corrected chi connectivity index (χ4v) is 5.91. The van der Waals surface area contributed by atoms with Crippen LogP contribution in [0.1, 0.15) is 18.9 Å². The van der Waals surface area contributed by atoms with Gasteiger partial charge in [-0.15, -0.1) is 0 Å². The van der Waals surface area contributed by atoms with E-state index in [2.05, 4.69) is 10.6 Å². The van der Waals surface area contributed by atoms with Crippen LogP contribution >= 0.6 is 0 Å². The van der Waals surface area contributed by atoms with Crippen LogP contribution in [0.25, 0.3) is 0 Å². The molecular formula is C25H28N4O8S. The minimum atomic E-state index is -3.67. The number of nitrogens with one attached hydrogen (secondary N) is 2. The van der Waals surface area contributed by atoms with Crippen LogP contribution in [0.3, 0.4) is 0 Å². The lowest BCUT2D eigenvalue weighted by Crippen LogP contribution is -2.42. The van der Waals surface area contributed by atoms with Crippen LogP contribution in [0.2, 0.25) is 0 Å². The molecule has 3 aliphatic heterocycles. The van der Waals surface area contributed by atoms with Crippen molar-refractivity contribution in [1.29, 1.82) is 0 Å². The molecule has 0 radical (unpaired) electrons. The van der Waals surface area contributed by atoms with Gasteiger partial charge in [-0.05, 0) is 48.9 Å². The van der Waals surface area contributed by atoms with Gasteiger partial charge in [-0.2, -0.15) is 4.31 Å². The molecule has 3 heterocycles. The molecule has 0 unspecified atom stereocenters. The summed E-state index contributed by atoms with van der Waals surface area (Å²) in [5.74, 6) is -0.149. The Bertz CT molecular complexity index is 1360. The number of fused-ring (bicyclic) bond motifs is 1. The summed E-state index contributed by atoms with van der Waals surface area (Å²) in [6, 6.07) is 10.0. The maximum atomic E-state index is 13.3. The number of urea groups is 1. The molecule has 2 fully saturated rings. The van der Waals surface area contributed by atoms with Crippen LogP contribution in [0.4, 0.5) is 10.5 Å². The van der Waals surface area contributed by atoms with Crippen molar-refractivity contribution >= 4 is 33.6 Å². The minimum Gasteiger partial charge on any atom is -0.490 e. The van der Waals surface area contributed by atoms with Crippen molar-refractivity contribution in [3.05, 3.63) is 48.0 Å². The molecule has 2 saturated heterocycles. The van der Waals surface area contributed by atoms with Crippen LogP contribution in [0.5, 0.6) is 11.5 Å². The highest BCUT2D eigenvalue weighted by Crippen LogP contribution is 2.36. The van der Waals surface area contributed by atoms with E-state index in [0.717, 1.165) is 11.3 Å². The van der Waals surface area contributed by atoms with Crippen molar-refractivity contribution in [2.45, 2.75) is 23.8 Å². The summed E-state index contributed by atoms with van der Waals surface area (Å²) in [5, 5.41) is 5.28. The van der Waals surface area contributed by atoms with E-state index in [0.29, 0.717) is 49.2 Å².